The first kappa shape index (κ1) is 22.1. The minimum absolute atomic E-state index is 0.104. The molecular weight excluding hydrogens is 362 g/mol. The van der Waals surface area contributed by atoms with Crippen molar-refractivity contribution < 1.29 is 24.2 Å². The Labute approximate surface area is 166 Å². The van der Waals surface area contributed by atoms with Crippen LogP contribution in [0.25, 0.3) is 0 Å². The molecule has 156 valence electrons. The van der Waals surface area contributed by atoms with Crippen molar-refractivity contribution in [2.75, 3.05) is 34.4 Å². The van der Waals surface area contributed by atoms with Gasteiger partial charge in [0.1, 0.15) is 11.9 Å². The third-order valence-electron chi connectivity index (χ3n) is 4.66. The summed E-state index contributed by atoms with van der Waals surface area (Å²) in [5, 5.41) is 15.4. The van der Waals surface area contributed by atoms with Gasteiger partial charge >= 0.3 is 0 Å². The van der Waals surface area contributed by atoms with Crippen LogP contribution in [0.3, 0.4) is 0 Å². The van der Waals surface area contributed by atoms with Crippen LogP contribution < -0.4 is 15.4 Å². The van der Waals surface area contributed by atoms with E-state index in [1.807, 2.05) is 38.4 Å². The molecule has 0 aromatic heterocycles. The van der Waals surface area contributed by atoms with Gasteiger partial charge in [0.05, 0.1) is 38.8 Å². The highest BCUT2D eigenvalue weighted by Gasteiger charge is 2.32. The molecule has 1 heterocycles. The molecule has 1 fully saturated rings. The second-order valence-corrected chi connectivity index (χ2v) is 7.30. The maximum atomic E-state index is 12.2. The van der Waals surface area contributed by atoms with Crippen molar-refractivity contribution in [1.29, 1.82) is 0 Å². The van der Waals surface area contributed by atoms with Crippen LogP contribution in [0.1, 0.15) is 24.8 Å². The summed E-state index contributed by atoms with van der Waals surface area (Å²) in [6, 6.07) is 7.26. The second-order valence-electron chi connectivity index (χ2n) is 7.30. The number of likely N-dealkylation sites (N-methyl/N-ethyl adjacent to an activating group) is 1. The molecule has 8 nitrogen and oxygen atoms in total. The molecule has 3 atom stereocenters. The van der Waals surface area contributed by atoms with Gasteiger partial charge in [-0.1, -0.05) is 12.1 Å². The van der Waals surface area contributed by atoms with E-state index in [-0.39, 0.29) is 43.5 Å². The van der Waals surface area contributed by atoms with E-state index in [4.69, 9.17) is 9.47 Å². The number of hydrogen-bond acceptors (Lipinski definition) is 6. The number of benzene rings is 1. The Morgan fingerprint density at radius 2 is 1.93 bits per heavy atom. The van der Waals surface area contributed by atoms with E-state index in [0.717, 1.165) is 11.3 Å². The number of nitrogens with zero attached hydrogens (tertiary/aromatic N) is 1. The lowest BCUT2D eigenvalue weighted by molar-refractivity contribution is -0.136. The standard InChI is InChI=1S/C20H31N3O5/c1-23(2)12-20(26)22-17-9-8-16(28-18(17)13-24)10-19(25)21-11-14-4-6-15(27-3)7-5-14/h4-7,16-18,24H,8-13H2,1-3H3,(H,21,25)(H,22,26)/t16-,17-,18+/m0/s1. The molecule has 0 saturated carbocycles. The number of nitrogens with one attached hydrogen (secondary N) is 2. The Morgan fingerprint density at radius 1 is 1.21 bits per heavy atom. The van der Waals surface area contributed by atoms with Crippen molar-refractivity contribution in [3.63, 3.8) is 0 Å². The maximum Gasteiger partial charge on any atom is 0.234 e. The van der Waals surface area contributed by atoms with Crippen molar-refractivity contribution >= 4 is 11.8 Å². The number of amides is 2. The summed E-state index contributed by atoms with van der Waals surface area (Å²) >= 11 is 0. The van der Waals surface area contributed by atoms with Crippen LogP contribution in [0.4, 0.5) is 0 Å². The van der Waals surface area contributed by atoms with Gasteiger partial charge in [0.2, 0.25) is 11.8 Å². The van der Waals surface area contributed by atoms with Gasteiger partial charge in [-0.05, 0) is 44.6 Å². The van der Waals surface area contributed by atoms with Gasteiger partial charge in [-0.2, -0.15) is 0 Å². The normalized spacial score (nSPS) is 22.0. The van der Waals surface area contributed by atoms with Crippen molar-refractivity contribution in [2.24, 2.45) is 0 Å². The predicted octanol–water partition coefficient (Wildman–Crippen LogP) is 0.288. The number of ether oxygens (including phenoxy) is 2. The minimum atomic E-state index is -0.501. The molecule has 1 saturated heterocycles. The molecule has 0 radical (unpaired) electrons. The van der Waals surface area contributed by atoms with E-state index in [1.165, 1.54) is 0 Å². The Kier molecular flexibility index (Phi) is 8.69. The average Bonchev–Trinajstić information content (AvgIpc) is 2.67. The fraction of sp³-hybridized carbons (Fsp3) is 0.600. The summed E-state index contributed by atoms with van der Waals surface area (Å²) in [5.74, 6) is 0.563. The van der Waals surface area contributed by atoms with E-state index in [1.54, 1.807) is 12.0 Å². The zero-order valence-corrected chi connectivity index (χ0v) is 16.8. The lowest BCUT2D eigenvalue weighted by Crippen LogP contribution is -2.52. The van der Waals surface area contributed by atoms with Crippen LogP contribution in [-0.2, 0) is 20.9 Å². The van der Waals surface area contributed by atoms with E-state index >= 15 is 0 Å². The van der Waals surface area contributed by atoms with Crippen LogP contribution in [0.2, 0.25) is 0 Å². The van der Waals surface area contributed by atoms with Gasteiger partial charge in [0.25, 0.3) is 0 Å². The Balaban J connectivity index is 1.76. The zero-order chi connectivity index (χ0) is 20.5. The number of rotatable bonds is 9. The molecule has 0 aliphatic carbocycles. The Morgan fingerprint density at radius 3 is 2.54 bits per heavy atom. The minimum Gasteiger partial charge on any atom is -0.497 e. The number of hydrogen-bond donors (Lipinski definition) is 3. The van der Waals surface area contributed by atoms with Gasteiger partial charge in [0.15, 0.2) is 0 Å². The van der Waals surface area contributed by atoms with Gasteiger partial charge in [-0.15, -0.1) is 0 Å². The van der Waals surface area contributed by atoms with E-state index in [9.17, 15) is 14.7 Å². The summed E-state index contributed by atoms with van der Waals surface area (Å²) in [7, 11) is 5.25. The monoisotopic (exact) mass is 393 g/mol. The lowest BCUT2D eigenvalue weighted by Gasteiger charge is -2.36. The van der Waals surface area contributed by atoms with Gasteiger partial charge in [-0.25, -0.2) is 0 Å². The van der Waals surface area contributed by atoms with Crippen LogP contribution in [0, 0.1) is 0 Å². The smallest absolute Gasteiger partial charge is 0.234 e. The van der Waals surface area contributed by atoms with Crippen LogP contribution in [0.5, 0.6) is 5.75 Å². The highest BCUT2D eigenvalue weighted by Crippen LogP contribution is 2.22. The van der Waals surface area contributed by atoms with E-state index < -0.39 is 6.10 Å². The molecule has 2 amide bonds. The molecule has 0 unspecified atom stereocenters. The van der Waals surface area contributed by atoms with Crippen molar-refractivity contribution in [1.82, 2.24) is 15.5 Å². The third-order valence-corrected chi connectivity index (χ3v) is 4.66. The molecule has 1 aliphatic heterocycles. The van der Waals surface area contributed by atoms with E-state index in [2.05, 4.69) is 10.6 Å². The molecule has 1 aromatic carbocycles. The largest absolute Gasteiger partial charge is 0.497 e. The molecule has 8 heteroatoms. The number of aliphatic hydroxyl groups is 1. The van der Waals surface area contributed by atoms with Crippen LogP contribution in [-0.4, -0.2) is 74.4 Å². The number of aliphatic hydroxyl groups excluding tert-OH is 1. The molecular formula is C20H31N3O5. The van der Waals surface area contributed by atoms with Crippen molar-refractivity contribution in [2.45, 2.75) is 44.1 Å². The summed E-state index contributed by atoms with van der Waals surface area (Å²) in [6.07, 6.45) is 0.778. The highest BCUT2D eigenvalue weighted by atomic mass is 16.5. The Bertz CT molecular complexity index is 635. The third kappa shape index (κ3) is 7.10. The molecule has 0 bridgehead atoms. The molecule has 0 spiro atoms. The average molecular weight is 393 g/mol. The molecule has 2 rings (SSSR count). The zero-order valence-electron chi connectivity index (χ0n) is 16.8. The summed E-state index contributed by atoms with van der Waals surface area (Å²) < 4.78 is 11.0. The number of carbonyl (C=O) groups excluding carboxylic acids is 2. The second kappa shape index (κ2) is 11.0. The number of carbonyl (C=O) groups is 2. The maximum absolute atomic E-state index is 12.2. The summed E-state index contributed by atoms with van der Waals surface area (Å²) in [6.45, 7) is 0.519. The van der Waals surface area contributed by atoms with Crippen molar-refractivity contribution in [3.05, 3.63) is 29.8 Å². The van der Waals surface area contributed by atoms with Gasteiger partial charge in [0, 0.05) is 6.54 Å². The first-order chi connectivity index (χ1) is 13.4. The quantitative estimate of drug-likeness (QED) is 0.558. The molecule has 3 N–H and O–H groups in total. The lowest BCUT2D eigenvalue weighted by atomic mass is 9.97. The molecule has 28 heavy (non-hydrogen) atoms. The fourth-order valence-corrected chi connectivity index (χ4v) is 3.21. The number of methoxy groups -OCH3 is 1. The fourth-order valence-electron chi connectivity index (χ4n) is 3.21. The molecule has 1 aromatic rings. The SMILES string of the molecule is COc1ccc(CNC(=O)C[C@@H]2CC[C@H](NC(=O)CN(C)C)[C@@H](CO)O2)cc1. The first-order valence-corrected chi connectivity index (χ1v) is 9.51. The van der Waals surface area contributed by atoms with Crippen LogP contribution >= 0.6 is 0 Å². The topological polar surface area (TPSA) is 100 Å². The summed E-state index contributed by atoms with van der Waals surface area (Å²) in [5.41, 5.74) is 0.982. The Hall–Kier alpha value is -2.16. The van der Waals surface area contributed by atoms with Crippen molar-refractivity contribution in [3.8, 4) is 5.75 Å². The van der Waals surface area contributed by atoms with Gasteiger partial charge in [-0.3, -0.25) is 9.59 Å². The highest BCUT2D eigenvalue weighted by molar-refractivity contribution is 5.78. The molecule has 1 aliphatic rings. The van der Waals surface area contributed by atoms with E-state index in [0.29, 0.717) is 19.4 Å². The van der Waals surface area contributed by atoms with Gasteiger partial charge < -0.3 is 30.1 Å². The predicted molar refractivity (Wildman–Crippen MR) is 105 cm³/mol. The summed E-state index contributed by atoms with van der Waals surface area (Å²) in [4.78, 5) is 26.0. The van der Waals surface area contributed by atoms with Crippen LogP contribution in [0.15, 0.2) is 24.3 Å². The first-order valence-electron chi connectivity index (χ1n) is 9.51.